The third kappa shape index (κ3) is 4.66. The van der Waals surface area contributed by atoms with Crippen molar-refractivity contribution >= 4 is 29.3 Å². The quantitative estimate of drug-likeness (QED) is 0.449. The molecule has 1 N–H and O–H groups in total. The molecule has 2 heterocycles. The Labute approximate surface area is 178 Å². The number of likely N-dealkylation sites (tertiary alicyclic amines) is 1. The molecule has 2 aromatic rings. The van der Waals surface area contributed by atoms with E-state index >= 15 is 0 Å². The Bertz CT molecular complexity index is 1040. The molecule has 0 aromatic heterocycles. The third-order valence-corrected chi connectivity index (χ3v) is 5.36. The van der Waals surface area contributed by atoms with Crippen LogP contribution in [0, 0.1) is 16.0 Å². The Kier molecular flexibility index (Phi) is 5.83. The minimum Gasteiger partial charge on any atom is -0.454 e. The van der Waals surface area contributed by atoms with E-state index < -0.39 is 4.92 Å². The SMILES string of the molecule is O=C(Nc1ccc2c(c1)OCO2)C1CCN(C(=O)C=Cc2ccccc2[N+](=O)[O-])CC1. The molecular weight excluding hydrogens is 402 g/mol. The van der Waals surface area contributed by atoms with E-state index in [2.05, 4.69) is 5.32 Å². The van der Waals surface area contributed by atoms with Crippen molar-refractivity contribution in [3.05, 3.63) is 64.2 Å². The molecule has 0 aliphatic carbocycles. The Morgan fingerprint density at radius 3 is 2.61 bits per heavy atom. The van der Waals surface area contributed by atoms with Gasteiger partial charge in [0.15, 0.2) is 11.5 Å². The number of fused-ring (bicyclic) bond motifs is 1. The van der Waals surface area contributed by atoms with E-state index in [9.17, 15) is 19.7 Å². The van der Waals surface area contributed by atoms with Crippen LogP contribution in [-0.2, 0) is 9.59 Å². The first-order chi connectivity index (χ1) is 15.0. The molecule has 2 aliphatic rings. The van der Waals surface area contributed by atoms with Gasteiger partial charge in [-0.1, -0.05) is 12.1 Å². The summed E-state index contributed by atoms with van der Waals surface area (Å²) in [6.45, 7) is 1.06. The van der Waals surface area contributed by atoms with Crippen LogP contribution in [0.25, 0.3) is 6.08 Å². The molecule has 2 aromatic carbocycles. The van der Waals surface area contributed by atoms with Gasteiger partial charge in [0, 0.05) is 42.9 Å². The maximum atomic E-state index is 12.6. The number of amides is 2. The van der Waals surface area contributed by atoms with Gasteiger partial charge in [-0.2, -0.15) is 0 Å². The summed E-state index contributed by atoms with van der Waals surface area (Å²) in [6.07, 6.45) is 3.89. The first-order valence-corrected chi connectivity index (χ1v) is 9.92. The fourth-order valence-corrected chi connectivity index (χ4v) is 3.64. The summed E-state index contributed by atoms with van der Waals surface area (Å²) in [5.74, 6) is 0.727. The van der Waals surface area contributed by atoms with Crippen LogP contribution in [0.15, 0.2) is 48.5 Å². The molecule has 0 saturated carbocycles. The van der Waals surface area contributed by atoms with Gasteiger partial charge >= 0.3 is 0 Å². The second-order valence-corrected chi connectivity index (χ2v) is 7.31. The van der Waals surface area contributed by atoms with Crippen molar-refractivity contribution in [1.82, 2.24) is 4.90 Å². The average molecular weight is 423 g/mol. The number of carbonyl (C=O) groups excluding carboxylic acids is 2. The van der Waals surface area contributed by atoms with Gasteiger partial charge in [0.1, 0.15) is 0 Å². The number of nitrogens with zero attached hydrogens (tertiary/aromatic N) is 2. The van der Waals surface area contributed by atoms with Gasteiger partial charge in [0.2, 0.25) is 18.6 Å². The standard InChI is InChI=1S/C22H21N3O6/c26-21(8-5-15-3-1-2-4-18(15)25(28)29)24-11-9-16(10-12-24)22(27)23-17-6-7-19-20(13-17)31-14-30-19/h1-8,13,16H,9-12,14H2,(H,23,27). The number of carbonyl (C=O) groups is 2. The topological polar surface area (TPSA) is 111 Å². The predicted octanol–water partition coefficient (Wildman–Crippen LogP) is 3.21. The number of rotatable bonds is 5. The second-order valence-electron chi connectivity index (χ2n) is 7.31. The van der Waals surface area contributed by atoms with E-state index in [4.69, 9.17) is 9.47 Å². The molecular formula is C22H21N3O6. The molecule has 1 saturated heterocycles. The summed E-state index contributed by atoms with van der Waals surface area (Å²) >= 11 is 0. The van der Waals surface area contributed by atoms with E-state index in [1.54, 1.807) is 41.3 Å². The number of anilines is 1. The molecule has 2 amide bonds. The van der Waals surface area contributed by atoms with Gasteiger partial charge < -0.3 is 19.7 Å². The molecule has 9 heteroatoms. The lowest BCUT2D eigenvalue weighted by atomic mass is 9.95. The van der Waals surface area contributed by atoms with Crippen LogP contribution in [0.2, 0.25) is 0 Å². The molecule has 0 spiro atoms. The zero-order chi connectivity index (χ0) is 21.8. The van der Waals surface area contributed by atoms with Gasteiger partial charge in [-0.25, -0.2) is 0 Å². The Balaban J connectivity index is 1.30. The summed E-state index contributed by atoms with van der Waals surface area (Å²) in [7, 11) is 0. The van der Waals surface area contributed by atoms with Crippen molar-refractivity contribution in [3.63, 3.8) is 0 Å². The Morgan fingerprint density at radius 1 is 1.10 bits per heavy atom. The third-order valence-electron chi connectivity index (χ3n) is 5.36. The lowest BCUT2D eigenvalue weighted by molar-refractivity contribution is -0.385. The van der Waals surface area contributed by atoms with Crippen molar-refractivity contribution in [1.29, 1.82) is 0 Å². The van der Waals surface area contributed by atoms with Crippen molar-refractivity contribution in [2.75, 3.05) is 25.2 Å². The van der Waals surface area contributed by atoms with Crippen LogP contribution >= 0.6 is 0 Å². The summed E-state index contributed by atoms with van der Waals surface area (Å²) in [6, 6.07) is 11.5. The van der Waals surface area contributed by atoms with Gasteiger partial charge in [0.05, 0.1) is 10.5 Å². The fourth-order valence-electron chi connectivity index (χ4n) is 3.64. The molecule has 0 radical (unpaired) electrons. The highest BCUT2D eigenvalue weighted by atomic mass is 16.7. The molecule has 0 bridgehead atoms. The lowest BCUT2D eigenvalue weighted by Gasteiger charge is -2.30. The second kappa shape index (κ2) is 8.86. The van der Waals surface area contributed by atoms with Gasteiger partial charge in [-0.05, 0) is 37.1 Å². The Morgan fingerprint density at radius 2 is 1.84 bits per heavy atom. The minimum absolute atomic E-state index is 0.0505. The largest absolute Gasteiger partial charge is 0.454 e. The number of para-hydroxylation sites is 1. The number of hydrogen-bond donors (Lipinski definition) is 1. The highest BCUT2D eigenvalue weighted by Crippen LogP contribution is 2.34. The number of ether oxygens (including phenoxy) is 2. The molecule has 31 heavy (non-hydrogen) atoms. The first-order valence-electron chi connectivity index (χ1n) is 9.92. The van der Waals surface area contributed by atoms with E-state index in [1.165, 1.54) is 18.2 Å². The number of nitro groups is 1. The number of piperidine rings is 1. The number of nitrogens with one attached hydrogen (secondary N) is 1. The highest BCUT2D eigenvalue weighted by molar-refractivity contribution is 5.94. The minimum atomic E-state index is -0.478. The monoisotopic (exact) mass is 423 g/mol. The van der Waals surface area contributed by atoms with E-state index in [0.717, 1.165) is 0 Å². The van der Waals surface area contributed by atoms with Crippen molar-refractivity contribution in [2.45, 2.75) is 12.8 Å². The van der Waals surface area contributed by atoms with Crippen LogP contribution in [0.3, 0.4) is 0 Å². The molecule has 0 atom stereocenters. The van der Waals surface area contributed by atoms with Crippen molar-refractivity contribution < 1.29 is 24.0 Å². The fraction of sp³-hybridized carbons (Fsp3) is 0.273. The smallest absolute Gasteiger partial charge is 0.276 e. The summed E-state index contributed by atoms with van der Waals surface area (Å²) in [5, 5.41) is 14.0. The van der Waals surface area contributed by atoms with Crippen molar-refractivity contribution in [2.24, 2.45) is 5.92 Å². The highest BCUT2D eigenvalue weighted by Gasteiger charge is 2.27. The van der Waals surface area contributed by atoms with Gasteiger partial charge in [-0.15, -0.1) is 0 Å². The Hall–Kier alpha value is -3.88. The maximum Gasteiger partial charge on any atom is 0.276 e. The molecule has 1 fully saturated rings. The van der Waals surface area contributed by atoms with Crippen LogP contribution in [0.4, 0.5) is 11.4 Å². The summed E-state index contributed by atoms with van der Waals surface area (Å²) in [4.78, 5) is 37.3. The lowest BCUT2D eigenvalue weighted by Crippen LogP contribution is -2.40. The van der Waals surface area contributed by atoms with Gasteiger partial charge in [-0.3, -0.25) is 19.7 Å². The number of nitro benzene ring substituents is 1. The molecule has 160 valence electrons. The van der Waals surface area contributed by atoms with Crippen molar-refractivity contribution in [3.8, 4) is 11.5 Å². The molecule has 9 nitrogen and oxygen atoms in total. The number of hydrogen-bond acceptors (Lipinski definition) is 6. The van der Waals surface area contributed by atoms with Crippen LogP contribution in [0.1, 0.15) is 18.4 Å². The normalized spacial score (nSPS) is 15.8. The summed E-state index contributed by atoms with van der Waals surface area (Å²) in [5.41, 5.74) is 0.962. The maximum absolute atomic E-state index is 12.6. The van der Waals surface area contributed by atoms with E-state index in [0.29, 0.717) is 48.7 Å². The number of benzene rings is 2. The van der Waals surface area contributed by atoms with E-state index in [-0.39, 0.29) is 30.2 Å². The molecule has 0 unspecified atom stereocenters. The molecule has 4 rings (SSSR count). The predicted molar refractivity (Wildman–Crippen MR) is 113 cm³/mol. The van der Waals surface area contributed by atoms with Crippen LogP contribution < -0.4 is 14.8 Å². The van der Waals surface area contributed by atoms with Crippen LogP contribution in [-0.4, -0.2) is 41.5 Å². The molecule has 2 aliphatic heterocycles. The zero-order valence-corrected chi connectivity index (χ0v) is 16.7. The average Bonchev–Trinajstić information content (AvgIpc) is 3.25. The summed E-state index contributed by atoms with van der Waals surface area (Å²) < 4.78 is 10.6. The van der Waals surface area contributed by atoms with E-state index in [1.807, 2.05) is 0 Å². The first kappa shape index (κ1) is 20.4. The zero-order valence-electron chi connectivity index (χ0n) is 16.7. The van der Waals surface area contributed by atoms with Crippen LogP contribution in [0.5, 0.6) is 11.5 Å². The van der Waals surface area contributed by atoms with Gasteiger partial charge in [0.25, 0.3) is 5.69 Å².